The fraction of sp³-hybridized carbons (Fsp3) is 0.167. The molecule has 0 saturated carbocycles. The second kappa shape index (κ2) is 4.18. The third-order valence-electron chi connectivity index (χ3n) is 2.60. The monoisotopic (exact) mass is 248 g/mol. The number of aromatic hydroxyl groups is 1. The molecule has 0 atom stereocenters. The predicted octanol–water partition coefficient (Wildman–Crippen LogP) is 2.23. The second-order valence-corrected chi connectivity index (χ2v) is 4.69. The largest absolute Gasteiger partial charge is 0.506 e. The van der Waals surface area contributed by atoms with Crippen LogP contribution in [-0.2, 0) is 0 Å². The van der Waals surface area contributed by atoms with E-state index < -0.39 is 5.91 Å². The summed E-state index contributed by atoms with van der Waals surface area (Å²) >= 11 is 1.50. The maximum Gasteiger partial charge on any atom is 0.254 e. The first-order chi connectivity index (χ1) is 8.02. The van der Waals surface area contributed by atoms with Crippen molar-refractivity contribution >= 4 is 17.2 Å². The van der Waals surface area contributed by atoms with Gasteiger partial charge in [-0.05, 0) is 30.9 Å². The summed E-state index contributed by atoms with van der Waals surface area (Å²) in [5, 5.41) is 12.0. The predicted molar refractivity (Wildman–Crippen MR) is 67.2 cm³/mol. The van der Waals surface area contributed by atoms with Gasteiger partial charge in [0.25, 0.3) is 5.91 Å². The zero-order chi connectivity index (χ0) is 12.6. The number of aryl methyl sites for hydroxylation is 2. The Hall–Kier alpha value is -1.88. The quantitative estimate of drug-likeness (QED) is 0.855. The molecule has 0 aliphatic heterocycles. The van der Waals surface area contributed by atoms with Crippen LogP contribution in [-0.4, -0.2) is 16.0 Å². The maximum absolute atomic E-state index is 11.2. The van der Waals surface area contributed by atoms with Crippen LogP contribution < -0.4 is 5.73 Å². The van der Waals surface area contributed by atoms with Crippen molar-refractivity contribution in [2.24, 2.45) is 5.73 Å². The van der Waals surface area contributed by atoms with Crippen LogP contribution in [0.1, 0.15) is 21.6 Å². The normalized spacial score (nSPS) is 10.5. The molecule has 4 nitrogen and oxygen atoms in total. The van der Waals surface area contributed by atoms with E-state index in [1.165, 1.54) is 17.5 Å². The molecule has 2 aromatic rings. The Balaban J connectivity index is 2.73. The number of carbonyl (C=O) groups is 1. The zero-order valence-electron chi connectivity index (χ0n) is 9.52. The number of amides is 1. The van der Waals surface area contributed by atoms with Gasteiger partial charge in [0, 0.05) is 16.8 Å². The van der Waals surface area contributed by atoms with Gasteiger partial charge in [0.1, 0.15) is 5.75 Å². The van der Waals surface area contributed by atoms with Crippen LogP contribution in [0.3, 0.4) is 0 Å². The van der Waals surface area contributed by atoms with Crippen LogP contribution in [0, 0.1) is 13.8 Å². The average Bonchev–Trinajstić information content (AvgIpc) is 2.64. The third kappa shape index (κ3) is 1.89. The number of rotatable bonds is 2. The molecule has 88 valence electrons. The Labute approximate surface area is 103 Å². The molecule has 0 saturated heterocycles. The molecule has 17 heavy (non-hydrogen) atoms. The van der Waals surface area contributed by atoms with Gasteiger partial charge in [0.05, 0.1) is 11.1 Å². The van der Waals surface area contributed by atoms with E-state index in [-0.39, 0.29) is 11.3 Å². The van der Waals surface area contributed by atoms with Crippen LogP contribution in [0.4, 0.5) is 0 Å². The molecule has 5 heteroatoms. The number of hydrogen-bond donors (Lipinski definition) is 2. The minimum atomic E-state index is -0.676. The third-order valence-corrected chi connectivity index (χ3v) is 3.63. The summed E-state index contributed by atoms with van der Waals surface area (Å²) in [5.74, 6) is -0.763. The van der Waals surface area contributed by atoms with Gasteiger partial charge in [-0.25, -0.2) is 0 Å². The second-order valence-electron chi connectivity index (χ2n) is 3.78. The lowest BCUT2D eigenvalue weighted by atomic mass is 10.1. The van der Waals surface area contributed by atoms with Gasteiger partial charge in [-0.3, -0.25) is 9.78 Å². The van der Waals surface area contributed by atoms with Crippen molar-refractivity contribution in [2.75, 3.05) is 0 Å². The number of primary amides is 1. The van der Waals surface area contributed by atoms with Crippen LogP contribution in [0.2, 0.25) is 0 Å². The molecule has 1 amide bonds. The fourth-order valence-electron chi connectivity index (χ4n) is 1.67. The number of pyridine rings is 1. The Bertz CT molecular complexity index is 590. The molecule has 0 unspecified atom stereocenters. The standard InChI is InChI=1S/C12H12N2O2S/c1-6-3-4-17-11(6)9-7(2)14-5-8(10(9)15)12(13)16/h3-5H,1-2H3,(H2,13,16)(H,14,15). The molecule has 2 heterocycles. The highest BCUT2D eigenvalue weighted by Crippen LogP contribution is 2.38. The highest BCUT2D eigenvalue weighted by atomic mass is 32.1. The van der Waals surface area contributed by atoms with Crippen LogP contribution >= 0.6 is 11.3 Å². The number of hydrogen-bond acceptors (Lipinski definition) is 4. The molecule has 2 rings (SSSR count). The highest BCUT2D eigenvalue weighted by Gasteiger charge is 2.18. The van der Waals surface area contributed by atoms with E-state index in [0.717, 1.165) is 10.4 Å². The van der Waals surface area contributed by atoms with Crippen molar-refractivity contribution in [1.82, 2.24) is 4.98 Å². The van der Waals surface area contributed by atoms with Gasteiger partial charge in [0.15, 0.2) is 0 Å². The molecule has 2 aromatic heterocycles. The van der Waals surface area contributed by atoms with Crippen LogP contribution in [0.5, 0.6) is 5.75 Å². The lowest BCUT2D eigenvalue weighted by Gasteiger charge is -2.09. The Morgan fingerprint density at radius 1 is 1.47 bits per heavy atom. The smallest absolute Gasteiger partial charge is 0.254 e. The van der Waals surface area contributed by atoms with E-state index >= 15 is 0 Å². The average molecular weight is 248 g/mol. The van der Waals surface area contributed by atoms with E-state index in [4.69, 9.17) is 5.73 Å². The summed E-state index contributed by atoms with van der Waals surface area (Å²) in [6.07, 6.45) is 1.30. The van der Waals surface area contributed by atoms with E-state index in [1.807, 2.05) is 18.4 Å². The van der Waals surface area contributed by atoms with Gasteiger partial charge in [-0.2, -0.15) is 0 Å². The first-order valence-corrected chi connectivity index (χ1v) is 5.93. The number of nitrogens with zero attached hydrogens (tertiary/aromatic N) is 1. The lowest BCUT2D eigenvalue weighted by Crippen LogP contribution is -2.12. The van der Waals surface area contributed by atoms with Gasteiger partial charge in [-0.15, -0.1) is 11.3 Å². The molecule has 0 spiro atoms. The van der Waals surface area contributed by atoms with Crippen molar-refractivity contribution in [3.63, 3.8) is 0 Å². The summed E-state index contributed by atoms with van der Waals surface area (Å²) < 4.78 is 0. The summed E-state index contributed by atoms with van der Waals surface area (Å²) in [5.41, 5.74) is 7.55. The first kappa shape index (κ1) is 11.6. The molecule has 0 fully saturated rings. The zero-order valence-corrected chi connectivity index (χ0v) is 10.3. The van der Waals surface area contributed by atoms with Crippen molar-refractivity contribution in [1.29, 1.82) is 0 Å². The maximum atomic E-state index is 11.2. The Morgan fingerprint density at radius 3 is 2.71 bits per heavy atom. The van der Waals surface area contributed by atoms with Crippen LogP contribution in [0.25, 0.3) is 10.4 Å². The molecular weight excluding hydrogens is 236 g/mol. The Kier molecular flexibility index (Phi) is 2.85. The first-order valence-electron chi connectivity index (χ1n) is 5.05. The molecule has 0 aromatic carbocycles. The minimum Gasteiger partial charge on any atom is -0.506 e. The van der Waals surface area contributed by atoms with Gasteiger partial charge in [-0.1, -0.05) is 0 Å². The molecule has 0 bridgehead atoms. The number of thiophene rings is 1. The SMILES string of the molecule is Cc1ccsc1-c1c(C)ncc(C(N)=O)c1O. The molecule has 0 radical (unpaired) electrons. The van der Waals surface area contributed by atoms with Gasteiger partial charge < -0.3 is 10.8 Å². The van der Waals surface area contributed by atoms with Crippen molar-refractivity contribution in [3.8, 4) is 16.2 Å². The van der Waals surface area contributed by atoms with Crippen molar-refractivity contribution in [2.45, 2.75) is 13.8 Å². The summed E-state index contributed by atoms with van der Waals surface area (Å²) in [6, 6.07) is 1.95. The molecular formula is C12H12N2O2S. The van der Waals surface area contributed by atoms with E-state index in [1.54, 1.807) is 6.92 Å². The van der Waals surface area contributed by atoms with Gasteiger partial charge >= 0.3 is 0 Å². The fourth-order valence-corrected chi connectivity index (χ4v) is 2.70. The summed E-state index contributed by atoms with van der Waals surface area (Å²) in [7, 11) is 0. The lowest BCUT2D eigenvalue weighted by molar-refractivity contribution is 0.0997. The minimum absolute atomic E-state index is 0.0541. The number of nitrogens with two attached hydrogens (primary N) is 1. The highest BCUT2D eigenvalue weighted by molar-refractivity contribution is 7.13. The van der Waals surface area contributed by atoms with E-state index in [2.05, 4.69) is 4.98 Å². The molecule has 0 aliphatic rings. The Morgan fingerprint density at radius 2 is 2.18 bits per heavy atom. The van der Waals surface area contributed by atoms with Crippen molar-refractivity contribution < 1.29 is 9.90 Å². The number of aromatic nitrogens is 1. The van der Waals surface area contributed by atoms with Gasteiger partial charge in [0.2, 0.25) is 0 Å². The van der Waals surface area contributed by atoms with Crippen molar-refractivity contribution in [3.05, 3.63) is 34.5 Å². The molecule has 0 aliphatic carbocycles. The number of carbonyl (C=O) groups excluding carboxylic acids is 1. The summed E-state index contributed by atoms with van der Waals surface area (Å²) in [6.45, 7) is 3.74. The topological polar surface area (TPSA) is 76.2 Å². The van der Waals surface area contributed by atoms with E-state index in [0.29, 0.717) is 11.3 Å². The molecule has 3 N–H and O–H groups in total. The van der Waals surface area contributed by atoms with E-state index in [9.17, 15) is 9.90 Å². The van der Waals surface area contributed by atoms with Crippen LogP contribution in [0.15, 0.2) is 17.6 Å². The summed E-state index contributed by atoms with van der Waals surface area (Å²) in [4.78, 5) is 16.2.